The molecular formula is C26H27N3O4S2. The molecule has 1 amide bonds. The van der Waals surface area contributed by atoms with Gasteiger partial charge in [-0.2, -0.15) is 0 Å². The van der Waals surface area contributed by atoms with Gasteiger partial charge in [0.05, 0.1) is 20.8 Å². The predicted molar refractivity (Wildman–Crippen MR) is 142 cm³/mol. The number of nitrogens with zero attached hydrogens (tertiary/aromatic N) is 1. The van der Waals surface area contributed by atoms with Crippen molar-refractivity contribution in [3.05, 3.63) is 86.5 Å². The van der Waals surface area contributed by atoms with Gasteiger partial charge in [-0.05, 0) is 82.1 Å². The van der Waals surface area contributed by atoms with E-state index in [9.17, 15) is 18.0 Å². The summed E-state index contributed by atoms with van der Waals surface area (Å²) in [4.78, 5) is 25.3. The maximum atomic E-state index is 13.2. The van der Waals surface area contributed by atoms with Gasteiger partial charge in [0.1, 0.15) is 0 Å². The molecule has 0 fully saturated rings. The van der Waals surface area contributed by atoms with E-state index in [1.165, 1.54) is 6.07 Å². The second-order valence-corrected chi connectivity index (χ2v) is 11.5. The minimum atomic E-state index is -3.91. The molecule has 0 aliphatic heterocycles. The predicted octanol–water partition coefficient (Wildman–Crippen LogP) is 5.62. The average molecular weight is 510 g/mol. The third kappa shape index (κ3) is 5.01. The van der Waals surface area contributed by atoms with Crippen molar-refractivity contribution in [1.29, 1.82) is 0 Å². The van der Waals surface area contributed by atoms with Gasteiger partial charge in [-0.15, -0.1) is 0 Å². The molecule has 35 heavy (non-hydrogen) atoms. The van der Waals surface area contributed by atoms with Crippen LogP contribution in [0, 0.1) is 20.8 Å². The molecule has 1 aromatic heterocycles. The number of fused-ring (bicyclic) bond motifs is 1. The number of amides is 1. The fourth-order valence-corrected chi connectivity index (χ4v) is 6.42. The first-order valence-electron chi connectivity index (χ1n) is 11.1. The Labute approximate surface area is 208 Å². The molecule has 182 valence electrons. The number of sulfonamides is 1. The van der Waals surface area contributed by atoms with Crippen LogP contribution in [0.3, 0.4) is 0 Å². The summed E-state index contributed by atoms with van der Waals surface area (Å²) in [5.41, 5.74) is 4.41. The summed E-state index contributed by atoms with van der Waals surface area (Å²) in [7, 11) is -3.91. The monoisotopic (exact) mass is 509 g/mol. The van der Waals surface area contributed by atoms with Crippen molar-refractivity contribution in [1.82, 2.24) is 4.57 Å². The van der Waals surface area contributed by atoms with Crippen LogP contribution >= 0.6 is 11.3 Å². The number of carbonyl (C=O) groups excluding carboxylic acids is 1. The van der Waals surface area contributed by atoms with Crippen molar-refractivity contribution in [2.45, 2.75) is 45.6 Å². The number of aryl methyl sites for hydroxylation is 3. The lowest BCUT2D eigenvalue weighted by Crippen LogP contribution is -2.17. The van der Waals surface area contributed by atoms with E-state index in [1.54, 1.807) is 41.8 Å². The Morgan fingerprint density at radius 1 is 0.943 bits per heavy atom. The number of thiazole rings is 1. The minimum absolute atomic E-state index is 0.0296. The Balaban J connectivity index is 1.61. The van der Waals surface area contributed by atoms with Crippen LogP contribution in [0.25, 0.3) is 10.2 Å². The molecule has 0 radical (unpaired) electrons. The van der Waals surface area contributed by atoms with Gasteiger partial charge in [0.15, 0.2) is 0 Å². The first-order chi connectivity index (χ1) is 16.5. The summed E-state index contributed by atoms with van der Waals surface area (Å²) in [6.45, 7) is 9.36. The van der Waals surface area contributed by atoms with Crippen molar-refractivity contribution < 1.29 is 13.2 Å². The average Bonchev–Trinajstić information content (AvgIpc) is 3.11. The SMILES string of the molecule is Cc1ccc(NS(=O)(=O)c2cc(C(=O)Nc3ccc4c(c3)sc(=O)n4C(C)C)ccc2C)c(C)c1. The summed E-state index contributed by atoms with van der Waals surface area (Å²) in [6.07, 6.45) is 0. The first kappa shape index (κ1) is 24.7. The number of hydrogen-bond donors (Lipinski definition) is 2. The van der Waals surface area contributed by atoms with E-state index in [-0.39, 0.29) is 21.4 Å². The molecule has 9 heteroatoms. The molecule has 0 bridgehead atoms. The molecular weight excluding hydrogens is 482 g/mol. The molecule has 2 N–H and O–H groups in total. The number of rotatable bonds is 6. The standard InChI is InChI=1S/C26H27N3O4S2/c1-15(2)29-22-11-9-20(14-23(22)34-26(29)31)27-25(30)19-8-7-17(4)24(13-19)35(32,33)28-21-10-6-16(3)12-18(21)5/h6-15,28H,1-5H3,(H,27,30). The zero-order valence-corrected chi connectivity index (χ0v) is 21.8. The Bertz CT molecular complexity index is 1620. The van der Waals surface area contributed by atoms with Crippen molar-refractivity contribution in [3.8, 4) is 0 Å². The first-order valence-corrected chi connectivity index (χ1v) is 13.4. The zero-order valence-electron chi connectivity index (χ0n) is 20.2. The normalized spacial score (nSPS) is 11.7. The van der Waals surface area contributed by atoms with Crippen molar-refractivity contribution in [2.24, 2.45) is 0 Å². The van der Waals surface area contributed by atoms with E-state index in [0.29, 0.717) is 16.9 Å². The van der Waals surface area contributed by atoms with Crippen LogP contribution < -0.4 is 14.9 Å². The molecule has 1 heterocycles. The number of aromatic nitrogens is 1. The molecule has 3 aromatic carbocycles. The van der Waals surface area contributed by atoms with Gasteiger partial charge >= 0.3 is 4.87 Å². The third-order valence-corrected chi connectivity index (χ3v) is 8.18. The summed E-state index contributed by atoms with van der Waals surface area (Å²) >= 11 is 1.12. The fourth-order valence-electron chi connectivity index (χ4n) is 3.97. The van der Waals surface area contributed by atoms with E-state index >= 15 is 0 Å². The van der Waals surface area contributed by atoms with Gasteiger partial charge in [0.2, 0.25) is 0 Å². The Morgan fingerprint density at radius 3 is 2.37 bits per heavy atom. The van der Waals surface area contributed by atoms with Crippen LogP contribution in [0.4, 0.5) is 11.4 Å². The zero-order chi connectivity index (χ0) is 25.5. The Hall–Kier alpha value is -3.43. The third-order valence-electron chi connectivity index (χ3n) is 5.75. The fraction of sp³-hybridized carbons (Fsp3) is 0.231. The van der Waals surface area contributed by atoms with Gasteiger partial charge in [0.25, 0.3) is 15.9 Å². The van der Waals surface area contributed by atoms with Gasteiger partial charge in [-0.1, -0.05) is 35.1 Å². The van der Waals surface area contributed by atoms with Gasteiger partial charge < -0.3 is 5.32 Å². The number of carbonyl (C=O) groups is 1. The van der Waals surface area contributed by atoms with Crippen molar-refractivity contribution in [2.75, 3.05) is 10.0 Å². The van der Waals surface area contributed by atoms with Gasteiger partial charge in [0, 0.05) is 17.3 Å². The number of benzene rings is 3. The Morgan fingerprint density at radius 2 is 1.69 bits per heavy atom. The molecule has 4 aromatic rings. The maximum absolute atomic E-state index is 13.2. The van der Waals surface area contributed by atoms with E-state index in [1.807, 2.05) is 45.9 Å². The van der Waals surface area contributed by atoms with Crippen LogP contribution in [0.15, 0.2) is 64.3 Å². The van der Waals surface area contributed by atoms with E-state index in [2.05, 4.69) is 10.0 Å². The lowest BCUT2D eigenvalue weighted by Gasteiger charge is -2.14. The van der Waals surface area contributed by atoms with Crippen LogP contribution in [-0.2, 0) is 10.0 Å². The number of anilines is 2. The highest BCUT2D eigenvalue weighted by molar-refractivity contribution is 7.92. The molecule has 7 nitrogen and oxygen atoms in total. The molecule has 0 unspecified atom stereocenters. The summed E-state index contributed by atoms with van der Waals surface area (Å²) in [6, 6.07) is 15.4. The minimum Gasteiger partial charge on any atom is -0.322 e. The summed E-state index contributed by atoms with van der Waals surface area (Å²) in [5, 5.41) is 2.81. The van der Waals surface area contributed by atoms with Crippen LogP contribution in [0.5, 0.6) is 0 Å². The lowest BCUT2D eigenvalue weighted by atomic mass is 10.1. The van der Waals surface area contributed by atoms with Crippen molar-refractivity contribution in [3.63, 3.8) is 0 Å². The molecule has 0 aliphatic carbocycles. The van der Waals surface area contributed by atoms with E-state index in [4.69, 9.17) is 0 Å². The topological polar surface area (TPSA) is 97.3 Å². The number of hydrogen-bond acceptors (Lipinski definition) is 5. The molecule has 0 saturated carbocycles. The number of nitrogens with one attached hydrogen (secondary N) is 2. The quantitative estimate of drug-likeness (QED) is 0.352. The summed E-state index contributed by atoms with van der Waals surface area (Å²) < 4.78 is 31.4. The summed E-state index contributed by atoms with van der Waals surface area (Å²) in [5.74, 6) is -0.442. The Kier molecular flexibility index (Phi) is 6.57. The van der Waals surface area contributed by atoms with Crippen molar-refractivity contribution >= 4 is 48.9 Å². The molecule has 4 rings (SSSR count). The van der Waals surface area contributed by atoms with E-state index in [0.717, 1.165) is 32.7 Å². The highest BCUT2D eigenvalue weighted by Crippen LogP contribution is 2.26. The second kappa shape index (κ2) is 9.31. The smallest absolute Gasteiger partial charge is 0.308 e. The van der Waals surface area contributed by atoms with Gasteiger partial charge in [-0.3, -0.25) is 18.9 Å². The lowest BCUT2D eigenvalue weighted by molar-refractivity contribution is 0.102. The highest BCUT2D eigenvalue weighted by Gasteiger charge is 2.20. The molecule has 0 saturated heterocycles. The van der Waals surface area contributed by atoms with Crippen LogP contribution in [-0.4, -0.2) is 18.9 Å². The van der Waals surface area contributed by atoms with Crippen LogP contribution in [0.2, 0.25) is 0 Å². The van der Waals surface area contributed by atoms with Gasteiger partial charge in [-0.25, -0.2) is 8.42 Å². The largest absolute Gasteiger partial charge is 0.322 e. The molecule has 0 aliphatic rings. The van der Waals surface area contributed by atoms with Crippen LogP contribution in [0.1, 0.15) is 46.9 Å². The highest BCUT2D eigenvalue weighted by atomic mass is 32.2. The molecule has 0 spiro atoms. The molecule has 0 atom stereocenters. The van der Waals surface area contributed by atoms with E-state index < -0.39 is 15.9 Å². The second-order valence-electron chi connectivity index (χ2n) is 8.87. The maximum Gasteiger partial charge on any atom is 0.308 e.